The van der Waals surface area contributed by atoms with Crippen LogP contribution in [0.5, 0.6) is 5.75 Å². The van der Waals surface area contributed by atoms with Crippen LogP contribution < -0.4 is 4.74 Å². The van der Waals surface area contributed by atoms with Crippen molar-refractivity contribution in [1.29, 1.82) is 0 Å². The summed E-state index contributed by atoms with van der Waals surface area (Å²) in [5.74, 6) is 0.804. The molecule has 0 saturated heterocycles. The van der Waals surface area contributed by atoms with E-state index in [1.54, 1.807) is 6.20 Å². The van der Waals surface area contributed by atoms with Crippen LogP contribution in [0, 0.1) is 0 Å². The van der Waals surface area contributed by atoms with Crippen molar-refractivity contribution in [1.82, 2.24) is 19.6 Å². The van der Waals surface area contributed by atoms with Crippen LogP contribution in [-0.2, 0) is 26.1 Å². The van der Waals surface area contributed by atoms with Crippen molar-refractivity contribution >= 4 is 0 Å². The standard InChI is InChI=1S/C13H20N4O/c1-4-11-7-12(17(6-3)15-11)10-18-13-8-14-16(5-2)9-13/h7-9H,4-6,10H2,1-3H3. The first-order valence-electron chi connectivity index (χ1n) is 6.47. The largest absolute Gasteiger partial charge is 0.484 e. The molecule has 0 spiro atoms. The van der Waals surface area contributed by atoms with E-state index in [1.165, 1.54) is 0 Å². The molecule has 0 N–H and O–H groups in total. The monoisotopic (exact) mass is 248 g/mol. The quantitative estimate of drug-likeness (QED) is 0.787. The summed E-state index contributed by atoms with van der Waals surface area (Å²) in [5.41, 5.74) is 2.22. The Balaban J connectivity index is 2.02. The Labute approximate surface area is 107 Å². The molecule has 5 heteroatoms. The summed E-state index contributed by atoms with van der Waals surface area (Å²) in [6.07, 6.45) is 4.61. The number of ether oxygens (including phenoxy) is 1. The van der Waals surface area contributed by atoms with Gasteiger partial charge in [0.2, 0.25) is 0 Å². The second-order valence-corrected chi connectivity index (χ2v) is 4.12. The minimum atomic E-state index is 0.538. The van der Waals surface area contributed by atoms with Crippen molar-refractivity contribution in [2.24, 2.45) is 0 Å². The summed E-state index contributed by atoms with van der Waals surface area (Å²) < 4.78 is 9.57. The SMILES string of the molecule is CCc1cc(COc2cnn(CC)c2)n(CC)n1. The molecule has 0 bridgehead atoms. The molecule has 0 unspecified atom stereocenters. The lowest BCUT2D eigenvalue weighted by molar-refractivity contribution is 0.292. The fourth-order valence-corrected chi connectivity index (χ4v) is 1.83. The molecule has 18 heavy (non-hydrogen) atoms. The molecule has 0 aliphatic heterocycles. The van der Waals surface area contributed by atoms with Gasteiger partial charge < -0.3 is 4.74 Å². The number of hydrogen-bond acceptors (Lipinski definition) is 3. The van der Waals surface area contributed by atoms with Crippen LogP contribution >= 0.6 is 0 Å². The minimum Gasteiger partial charge on any atom is -0.484 e. The fourth-order valence-electron chi connectivity index (χ4n) is 1.83. The smallest absolute Gasteiger partial charge is 0.157 e. The van der Waals surface area contributed by atoms with Crippen molar-refractivity contribution in [3.63, 3.8) is 0 Å². The van der Waals surface area contributed by atoms with Gasteiger partial charge in [-0.3, -0.25) is 9.36 Å². The molecule has 0 amide bonds. The third-order valence-corrected chi connectivity index (χ3v) is 2.90. The second-order valence-electron chi connectivity index (χ2n) is 4.12. The van der Waals surface area contributed by atoms with Gasteiger partial charge in [-0.1, -0.05) is 6.92 Å². The highest BCUT2D eigenvalue weighted by Crippen LogP contribution is 2.12. The zero-order valence-electron chi connectivity index (χ0n) is 11.3. The highest BCUT2D eigenvalue weighted by atomic mass is 16.5. The first-order chi connectivity index (χ1) is 8.76. The van der Waals surface area contributed by atoms with Crippen LogP contribution in [0.4, 0.5) is 0 Å². The number of nitrogens with zero attached hydrogens (tertiary/aromatic N) is 4. The zero-order chi connectivity index (χ0) is 13.0. The topological polar surface area (TPSA) is 44.9 Å². The Kier molecular flexibility index (Phi) is 4.02. The van der Waals surface area contributed by atoms with Gasteiger partial charge in [-0.2, -0.15) is 10.2 Å². The number of rotatable bonds is 6. The third kappa shape index (κ3) is 2.72. The molecule has 0 aliphatic rings. The molecule has 0 radical (unpaired) electrons. The van der Waals surface area contributed by atoms with Gasteiger partial charge in [0.1, 0.15) is 6.61 Å². The predicted molar refractivity (Wildman–Crippen MR) is 69.5 cm³/mol. The molecule has 0 aromatic carbocycles. The highest BCUT2D eigenvalue weighted by Gasteiger charge is 2.07. The van der Waals surface area contributed by atoms with Gasteiger partial charge in [0, 0.05) is 13.1 Å². The first kappa shape index (κ1) is 12.7. The molecule has 2 heterocycles. The van der Waals surface area contributed by atoms with Crippen molar-refractivity contribution in [3.8, 4) is 5.75 Å². The summed E-state index contributed by atoms with van der Waals surface area (Å²) >= 11 is 0. The summed E-state index contributed by atoms with van der Waals surface area (Å²) in [6.45, 7) is 8.51. The van der Waals surface area contributed by atoms with E-state index in [0.29, 0.717) is 6.61 Å². The third-order valence-electron chi connectivity index (χ3n) is 2.90. The predicted octanol–water partition coefficient (Wildman–Crippen LogP) is 2.26. The molecule has 0 aliphatic carbocycles. The second kappa shape index (κ2) is 5.71. The fraction of sp³-hybridized carbons (Fsp3) is 0.538. The Morgan fingerprint density at radius 2 is 2.06 bits per heavy atom. The lowest BCUT2D eigenvalue weighted by Gasteiger charge is -2.05. The molecule has 2 aromatic rings. The number of aromatic nitrogens is 4. The van der Waals surface area contributed by atoms with E-state index in [9.17, 15) is 0 Å². The molecule has 0 atom stereocenters. The Morgan fingerprint density at radius 1 is 1.22 bits per heavy atom. The zero-order valence-corrected chi connectivity index (χ0v) is 11.3. The normalized spacial score (nSPS) is 10.8. The summed E-state index contributed by atoms with van der Waals surface area (Å²) in [5, 5.41) is 8.68. The van der Waals surface area contributed by atoms with Gasteiger partial charge in [-0.15, -0.1) is 0 Å². The van der Waals surface area contributed by atoms with Crippen molar-refractivity contribution in [2.45, 2.75) is 46.9 Å². The van der Waals surface area contributed by atoms with Crippen LogP contribution in [0.25, 0.3) is 0 Å². The van der Waals surface area contributed by atoms with E-state index in [-0.39, 0.29) is 0 Å². The van der Waals surface area contributed by atoms with Crippen LogP contribution in [0.1, 0.15) is 32.2 Å². The minimum absolute atomic E-state index is 0.538. The molecular formula is C13H20N4O. The van der Waals surface area contributed by atoms with E-state index in [1.807, 2.05) is 15.6 Å². The van der Waals surface area contributed by atoms with Gasteiger partial charge >= 0.3 is 0 Å². The molecule has 2 aromatic heterocycles. The summed E-state index contributed by atoms with van der Waals surface area (Å²) in [7, 11) is 0. The Hall–Kier alpha value is -1.78. The van der Waals surface area contributed by atoms with Gasteiger partial charge in [-0.05, 0) is 26.3 Å². The molecule has 5 nitrogen and oxygen atoms in total. The van der Waals surface area contributed by atoms with Crippen LogP contribution in [0.15, 0.2) is 18.5 Å². The molecule has 98 valence electrons. The molecule has 2 rings (SSSR count). The van der Waals surface area contributed by atoms with Crippen LogP contribution in [-0.4, -0.2) is 19.6 Å². The van der Waals surface area contributed by atoms with Gasteiger partial charge in [0.05, 0.1) is 23.8 Å². The lowest BCUT2D eigenvalue weighted by atomic mass is 10.3. The maximum absolute atomic E-state index is 5.73. The maximum Gasteiger partial charge on any atom is 0.157 e. The van der Waals surface area contributed by atoms with Crippen molar-refractivity contribution in [3.05, 3.63) is 29.8 Å². The van der Waals surface area contributed by atoms with E-state index in [4.69, 9.17) is 4.74 Å². The van der Waals surface area contributed by atoms with E-state index < -0.39 is 0 Å². The number of aryl methyl sites for hydroxylation is 3. The average Bonchev–Trinajstić information content (AvgIpc) is 3.02. The number of hydrogen-bond donors (Lipinski definition) is 0. The van der Waals surface area contributed by atoms with Crippen LogP contribution in [0.2, 0.25) is 0 Å². The molecular weight excluding hydrogens is 228 g/mol. The maximum atomic E-state index is 5.73. The van der Waals surface area contributed by atoms with Gasteiger partial charge in [0.15, 0.2) is 5.75 Å². The van der Waals surface area contributed by atoms with Gasteiger partial charge in [-0.25, -0.2) is 0 Å². The Morgan fingerprint density at radius 3 is 2.67 bits per heavy atom. The van der Waals surface area contributed by atoms with Crippen LogP contribution in [0.3, 0.4) is 0 Å². The summed E-state index contributed by atoms with van der Waals surface area (Å²) in [6, 6.07) is 2.10. The lowest BCUT2D eigenvalue weighted by Crippen LogP contribution is -2.06. The summed E-state index contributed by atoms with van der Waals surface area (Å²) in [4.78, 5) is 0. The Bertz CT molecular complexity index is 501. The van der Waals surface area contributed by atoms with Crippen molar-refractivity contribution in [2.75, 3.05) is 0 Å². The van der Waals surface area contributed by atoms with Crippen molar-refractivity contribution < 1.29 is 4.74 Å². The highest BCUT2D eigenvalue weighted by molar-refractivity contribution is 5.14. The average molecular weight is 248 g/mol. The van der Waals surface area contributed by atoms with E-state index in [2.05, 4.69) is 37.0 Å². The van der Waals surface area contributed by atoms with E-state index in [0.717, 1.165) is 36.6 Å². The van der Waals surface area contributed by atoms with E-state index >= 15 is 0 Å². The molecule has 0 saturated carbocycles. The van der Waals surface area contributed by atoms with Gasteiger partial charge in [0.25, 0.3) is 0 Å². The molecule has 0 fully saturated rings. The first-order valence-corrected chi connectivity index (χ1v) is 6.47.